The fourth-order valence-electron chi connectivity index (χ4n) is 3.18. The quantitative estimate of drug-likeness (QED) is 0.918. The summed E-state index contributed by atoms with van der Waals surface area (Å²) in [6.07, 6.45) is 8.10. The van der Waals surface area contributed by atoms with E-state index in [4.69, 9.17) is 0 Å². The van der Waals surface area contributed by atoms with Gasteiger partial charge in [0.2, 0.25) is 0 Å². The van der Waals surface area contributed by atoms with Crippen LogP contribution in [0.2, 0.25) is 0 Å². The molecule has 2 aromatic rings. The molecule has 1 amide bonds. The average molecular weight is 324 g/mol. The molecule has 5 nitrogen and oxygen atoms in total. The minimum atomic E-state index is -0.191. The van der Waals surface area contributed by atoms with Gasteiger partial charge in [-0.3, -0.25) is 4.79 Å². The van der Waals surface area contributed by atoms with E-state index >= 15 is 0 Å². The van der Waals surface area contributed by atoms with Crippen molar-refractivity contribution >= 4 is 11.7 Å². The van der Waals surface area contributed by atoms with E-state index in [-0.39, 0.29) is 5.91 Å². The Bertz CT molecular complexity index is 657. The predicted octanol–water partition coefficient (Wildman–Crippen LogP) is 3.18. The number of benzene rings is 1. The summed E-state index contributed by atoms with van der Waals surface area (Å²) >= 11 is 0. The maximum atomic E-state index is 12.2. The highest BCUT2D eigenvalue weighted by atomic mass is 16.1. The van der Waals surface area contributed by atoms with E-state index in [1.165, 1.54) is 19.3 Å². The smallest absolute Gasteiger partial charge is 0.271 e. The second-order valence-corrected chi connectivity index (χ2v) is 6.18. The summed E-state index contributed by atoms with van der Waals surface area (Å²) in [5, 5.41) is 2.88. The van der Waals surface area contributed by atoms with Crippen LogP contribution in [0.5, 0.6) is 0 Å². The number of anilines is 1. The number of rotatable bonds is 5. The Morgan fingerprint density at radius 1 is 1.21 bits per heavy atom. The molecule has 0 bridgehead atoms. The first kappa shape index (κ1) is 16.4. The van der Waals surface area contributed by atoms with Crippen molar-refractivity contribution < 1.29 is 4.79 Å². The number of hydrogen-bond donors (Lipinski definition) is 1. The Hall–Kier alpha value is -2.43. The number of nitrogens with zero attached hydrogens (tertiary/aromatic N) is 3. The molecule has 24 heavy (non-hydrogen) atoms. The van der Waals surface area contributed by atoms with E-state index in [2.05, 4.69) is 27.1 Å². The summed E-state index contributed by atoms with van der Waals surface area (Å²) in [5.74, 6) is 0.685. The van der Waals surface area contributed by atoms with Crippen molar-refractivity contribution in [3.8, 4) is 0 Å². The molecule has 1 N–H and O–H groups in total. The topological polar surface area (TPSA) is 58.1 Å². The summed E-state index contributed by atoms with van der Waals surface area (Å²) in [5.41, 5.74) is 1.43. The highest BCUT2D eigenvalue weighted by Crippen LogP contribution is 2.24. The van der Waals surface area contributed by atoms with E-state index in [0.717, 1.165) is 24.3 Å². The fourth-order valence-corrected chi connectivity index (χ4v) is 3.18. The van der Waals surface area contributed by atoms with Crippen LogP contribution in [0.1, 0.15) is 48.7 Å². The third-order valence-electron chi connectivity index (χ3n) is 4.56. The van der Waals surface area contributed by atoms with Gasteiger partial charge in [-0.05, 0) is 31.2 Å². The van der Waals surface area contributed by atoms with Crippen molar-refractivity contribution in [2.45, 2.75) is 45.2 Å². The van der Waals surface area contributed by atoms with Crippen LogP contribution in [-0.4, -0.2) is 28.5 Å². The largest absolute Gasteiger partial charge is 0.352 e. The van der Waals surface area contributed by atoms with Gasteiger partial charge in [0.1, 0.15) is 11.5 Å². The molecule has 1 fully saturated rings. The van der Waals surface area contributed by atoms with Gasteiger partial charge in [0, 0.05) is 19.1 Å². The van der Waals surface area contributed by atoms with Crippen molar-refractivity contribution in [2.24, 2.45) is 0 Å². The Morgan fingerprint density at radius 2 is 2.04 bits per heavy atom. The molecule has 1 aromatic heterocycles. The molecule has 5 heteroatoms. The summed E-state index contributed by atoms with van der Waals surface area (Å²) in [6.45, 7) is 3.72. The van der Waals surface area contributed by atoms with Gasteiger partial charge in [0.15, 0.2) is 0 Å². The van der Waals surface area contributed by atoms with Crippen LogP contribution >= 0.6 is 0 Å². The third-order valence-corrected chi connectivity index (χ3v) is 4.56. The first-order valence-electron chi connectivity index (χ1n) is 8.68. The van der Waals surface area contributed by atoms with Crippen LogP contribution in [0.15, 0.2) is 42.7 Å². The van der Waals surface area contributed by atoms with Gasteiger partial charge in [-0.1, -0.05) is 37.3 Å². The van der Waals surface area contributed by atoms with E-state index in [9.17, 15) is 4.79 Å². The lowest BCUT2D eigenvalue weighted by Gasteiger charge is -2.35. The standard InChI is InChI=1S/C19H24N4O/c1-2-16-10-6-7-11-23(16)18-14-20-17(13-21-18)19(24)22-12-15-8-4-3-5-9-15/h3-5,8-9,13-14,16H,2,6-7,10-12H2,1H3,(H,22,24). The van der Waals surface area contributed by atoms with Crippen LogP contribution in [0.4, 0.5) is 5.82 Å². The van der Waals surface area contributed by atoms with Crippen molar-refractivity contribution in [3.63, 3.8) is 0 Å². The van der Waals surface area contributed by atoms with Gasteiger partial charge in [-0.25, -0.2) is 9.97 Å². The average Bonchev–Trinajstić information content (AvgIpc) is 2.67. The highest BCUT2D eigenvalue weighted by Gasteiger charge is 2.22. The van der Waals surface area contributed by atoms with Crippen LogP contribution in [0.3, 0.4) is 0 Å². The van der Waals surface area contributed by atoms with E-state index in [1.807, 2.05) is 30.3 Å². The fraction of sp³-hybridized carbons (Fsp3) is 0.421. The lowest BCUT2D eigenvalue weighted by molar-refractivity contribution is 0.0945. The molecule has 1 aromatic carbocycles. The molecule has 0 saturated carbocycles. The zero-order chi connectivity index (χ0) is 16.8. The first-order valence-corrected chi connectivity index (χ1v) is 8.68. The summed E-state index contributed by atoms with van der Waals surface area (Å²) in [4.78, 5) is 23.3. The van der Waals surface area contributed by atoms with E-state index in [1.54, 1.807) is 12.4 Å². The molecule has 0 radical (unpaired) electrons. The number of nitrogens with one attached hydrogen (secondary N) is 1. The number of carbonyl (C=O) groups excluding carboxylic acids is 1. The number of hydrogen-bond acceptors (Lipinski definition) is 4. The van der Waals surface area contributed by atoms with E-state index in [0.29, 0.717) is 18.3 Å². The number of aromatic nitrogens is 2. The molecule has 0 spiro atoms. The van der Waals surface area contributed by atoms with Crippen molar-refractivity contribution in [2.75, 3.05) is 11.4 Å². The minimum Gasteiger partial charge on any atom is -0.352 e. The monoisotopic (exact) mass is 324 g/mol. The highest BCUT2D eigenvalue weighted by molar-refractivity contribution is 5.91. The van der Waals surface area contributed by atoms with Gasteiger partial charge < -0.3 is 10.2 Å². The minimum absolute atomic E-state index is 0.191. The zero-order valence-electron chi connectivity index (χ0n) is 14.1. The number of carbonyl (C=O) groups is 1. The maximum Gasteiger partial charge on any atom is 0.271 e. The van der Waals surface area contributed by atoms with Gasteiger partial charge >= 0.3 is 0 Å². The lowest BCUT2D eigenvalue weighted by Crippen LogP contribution is -2.39. The van der Waals surface area contributed by atoms with Crippen LogP contribution in [-0.2, 0) is 6.54 Å². The molecule has 1 saturated heterocycles. The molecular weight excluding hydrogens is 300 g/mol. The zero-order valence-corrected chi connectivity index (χ0v) is 14.1. The van der Waals surface area contributed by atoms with Crippen LogP contribution in [0.25, 0.3) is 0 Å². The Labute approximate surface area is 143 Å². The van der Waals surface area contributed by atoms with E-state index < -0.39 is 0 Å². The van der Waals surface area contributed by atoms with Gasteiger partial charge in [-0.15, -0.1) is 0 Å². The summed E-state index contributed by atoms with van der Waals surface area (Å²) in [6, 6.07) is 10.4. The number of piperidine rings is 1. The molecule has 1 aliphatic heterocycles. The third kappa shape index (κ3) is 3.91. The molecule has 1 atom stereocenters. The molecule has 1 aliphatic rings. The second-order valence-electron chi connectivity index (χ2n) is 6.18. The number of amides is 1. The predicted molar refractivity (Wildman–Crippen MR) is 94.9 cm³/mol. The van der Waals surface area contributed by atoms with Gasteiger partial charge in [-0.2, -0.15) is 0 Å². The summed E-state index contributed by atoms with van der Waals surface area (Å²) < 4.78 is 0. The van der Waals surface area contributed by atoms with Crippen molar-refractivity contribution in [3.05, 3.63) is 54.0 Å². The van der Waals surface area contributed by atoms with Crippen molar-refractivity contribution in [1.29, 1.82) is 0 Å². The molecule has 3 rings (SSSR count). The normalized spacial score (nSPS) is 17.5. The SMILES string of the molecule is CCC1CCCCN1c1cnc(C(=O)NCc2ccccc2)cn1. The molecular formula is C19H24N4O. The van der Waals surface area contributed by atoms with Crippen LogP contribution < -0.4 is 10.2 Å². The van der Waals surface area contributed by atoms with Gasteiger partial charge in [0.05, 0.1) is 12.4 Å². The Kier molecular flexibility index (Phi) is 5.41. The maximum absolute atomic E-state index is 12.2. The molecule has 0 aliphatic carbocycles. The van der Waals surface area contributed by atoms with Gasteiger partial charge in [0.25, 0.3) is 5.91 Å². The first-order chi connectivity index (χ1) is 11.8. The summed E-state index contributed by atoms with van der Waals surface area (Å²) in [7, 11) is 0. The lowest BCUT2D eigenvalue weighted by atomic mass is 10.0. The molecule has 126 valence electrons. The van der Waals surface area contributed by atoms with Crippen molar-refractivity contribution in [1.82, 2.24) is 15.3 Å². The van der Waals surface area contributed by atoms with Crippen LogP contribution in [0, 0.1) is 0 Å². The molecule has 2 heterocycles. The second kappa shape index (κ2) is 7.90. The molecule has 1 unspecified atom stereocenters. The Morgan fingerprint density at radius 3 is 2.75 bits per heavy atom. The Balaban J connectivity index is 1.62.